The Kier molecular flexibility index (Phi) is 4.38. The minimum Gasteiger partial charge on any atom is -0.496 e. The average Bonchev–Trinajstić information content (AvgIpc) is 2.73. The molecular formula is C21H17FN4O. The number of rotatable bonds is 4. The van der Waals surface area contributed by atoms with Gasteiger partial charge in [0, 0.05) is 42.0 Å². The number of anilines is 1. The lowest BCUT2D eigenvalue weighted by atomic mass is 10.0. The molecule has 0 amide bonds. The Labute approximate surface area is 155 Å². The number of ether oxygens (including phenoxy) is 1. The van der Waals surface area contributed by atoms with Gasteiger partial charge in [-0.15, -0.1) is 0 Å². The van der Waals surface area contributed by atoms with E-state index in [4.69, 9.17) is 4.74 Å². The zero-order valence-corrected chi connectivity index (χ0v) is 14.9. The van der Waals surface area contributed by atoms with Crippen LogP contribution >= 0.6 is 0 Å². The summed E-state index contributed by atoms with van der Waals surface area (Å²) in [5, 5.41) is 4.00. The first-order valence-corrected chi connectivity index (χ1v) is 8.43. The molecule has 0 aliphatic carbocycles. The zero-order chi connectivity index (χ0) is 18.8. The normalized spacial score (nSPS) is 10.8. The van der Waals surface area contributed by atoms with Crippen LogP contribution in [0.2, 0.25) is 0 Å². The van der Waals surface area contributed by atoms with Crippen LogP contribution in [0.4, 0.5) is 10.2 Å². The molecule has 0 radical (unpaired) electrons. The maximum Gasteiger partial charge on any atom is 0.163 e. The molecule has 0 saturated heterocycles. The number of nitrogens with zero attached hydrogens (tertiary/aromatic N) is 3. The summed E-state index contributed by atoms with van der Waals surface area (Å²) in [5.74, 6) is 1.46. The molecule has 4 aromatic rings. The number of halogens is 1. The summed E-state index contributed by atoms with van der Waals surface area (Å²) >= 11 is 0. The fourth-order valence-corrected chi connectivity index (χ4v) is 3.01. The van der Waals surface area contributed by atoms with E-state index in [-0.39, 0.29) is 5.82 Å². The molecule has 0 spiro atoms. The number of benzene rings is 2. The molecule has 27 heavy (non-hydrogen) atoms. The largest absolute Gasteiger partial charge is 0.496 e. The molecule has 0 unspecified atom stereocenters. The van der Waals surface area contributed by atoms with Gasteiger partial charge < -0.3 is 10.1 Å². The van der Waals surface area contributed by atoms with E-state index in [1.807, 2.05) is 37.4 Å². The fourth-order valence-electron chi connectivity index (χ4n) is 3.01. The smallest absolute Gasteiger partial charge is 0.163 e. The summed E-state index contributed by atoms with van der Waals surface area (Å²) in [6, 6.07) is 14.1. The number of nitrogens with one attached hydrogen (secondary N) is 1. The molecule has 4 rings (SSSR count). The van der Waals surface area contributed by atoms with E-state index in [2.05, 4.69) is 20.3 Å². The van der Waals surface area contributed by atoms with Crippen molar-refractivity contribution < 1.29 is 9.13 Å². The lowest BCUT2D eigenvalue weighted by molar-refractivity contribution is 0.413. The van der Waals surface area contributed by atoms with Crippen molar-refractivity contribution in [1.82, 2.24) is 15.0 Å². The maximum atomic E-state index is 13.5. The summed E-state index contributed by atoms with van der Waals surface area (Å²) < 4.78 is 18.8. The van der Waals surface area contributed by atoms with Crippen molar-refractivity contribution in [2.24, 2.45) is 0 Å². The summed E-state index contributed by atoms with van der Waals surface area (Å²) in [5.41, 5.74) is 3.35. The number of fused-ring (bicyclic) bond motifs is 1. The van der Waals surface area contributed by atoms with Gasteiger partial charge in [0.2, 0.25) is 0 Å². The molecule has 0 aliphatic heterocycles. The van der Waals surface area contributed by atoms with Crippen LogP contribution in [0.1, 0.15) is 0 Å². The minimum atomic E-state index is -0.336. The van der Waals surface area contributed by atoms with Crippen molar-refractivity contribution in [2.75, 3.05) is 19.5 Å². The van der Waals surface area contributed by atoms with Crippen LogP contribution in [0.3, 0.4) is 0 Å². The van der Waals surface area contributed by atoms with Gasteiger partial charge >= 0.3 is 0 Å². The van der Waals surface area contributed by atoms with Gasteiger partial charge in [-0.25, -0.2) is 14.4 Å². The van der Waals surface area contributed by atoms with Gasteiger partial charge in [-0.2, -0.15) is 0 Å². The first-order chi connectivity index (χ1) is 13.2. The molecule has 2 heterocycles. The van der Waals surface area contributed by atoms with Crippen LogP contribution in [-0.4, -0.2) is 29.1 Å². The average molecular weight is 360 g/mol. The summed E-state index contributed by atoms with van der Waals surface area (Å²) in [6.07, 6.45) is 3.45. The predicted octanol–water partition coefficient (Wildman–Crippen LogP) is 4.55. The molecular weight excluding hydrogens is 343 g/mol. The van der Waals surface area contributed by atoms with E-state index >= 15 is 0 Å². The number of methoxy groups -OCH3 is 1. The summed E-state index contributed by atoms with van der Waals surface area (Å²) in [6.45, 7) is 0. The highest BCUT2D eigenvalue weighted by Gasteiger charge is 2.12. The quantitative estimate of drug-likeness (QED) is 0.579. The Balaban J connectivity index is 1.88. The van der Waals surface area contributed by atoms with Crippen LogP contribution in [0.25, 0.3) is 33.4 Å². The standard InChI is InChI=1S/C21H17FN4O/c1-23-21-17-10-13(16-7-6-15(22)11-19(16)27-2)5-8-18(17)25-20(26-21)14-4-3-9-24-12-14/h3-12H,1-2H3,(H,23,25,26). The number of hydrogen-bond acceptors (Lipinski definition) is 5. The van der Waals surface area contributed by atoms with E-state index in [1.54, 1.807) is 18.5 Å². The summed E-state index contributed by atoms with van der Waals surface area (Å²) in [7, 11) is 3.35. The van der Waals surface area contributed by atoms with Crippen LogP contribution in [0.15, 0.2) is 60.9 Å². The van der Waals surface area contributed by atoms with Crippen molar-refractivity contribution in [2.45, 2.75) is 0 Å². The Morgan fingerprint density at radius 3 is 2.63 bits per heavy atom. The summed E-state index contributed by atoms with van der Waals surface area (Å²) in [4.78, 5) is 13.4. The molecule has 5 nitrogen and oxygen atoms in total. The fraction of sp³-hybridized carbons (Fsp3) is 0.0952. The Bertz CT molecular complexity index is 1120. The van der Waals surface area contributed by atoms with Crippen LogP contribution in [0.5, 0.6) is 5.75 Å². The molecule has 0 aliphatic rings. The molecule has 1 N–H and O–H groups in total. The Morgan fingerprint density at radius 2 is 1.89 bits per heavy atom. The molecule has 2 aromatic heterocycles. The van der Waals surface area contributed by atoms with Gasteiger partial charge in [0.25, 0.3) is 0 Å². The van der Waals surface area contributed by atoms with E-state index in [0.717, 1.165) is 27.6 Å². The number of pyridine rings is 1. The third kappa shape index (κ3) is 3.17. The van der Waals surface area contributed by atoms with Crippen LogP contribution in [0, 0.1) is 5.82 Å². The van der Waals surface area contributed by atoms with Gasteiger partial charge in [-0.05, 0) is 42.0 Å². The minimum absolute atomic E-state index is 0.336. The lowest BCUT2D eigenvalue weighted by Gasteiger charge is -2.12. The Hall–Kier alpha value is -3.54. The van der Waals surface area contributed by atoms with Crippen molar-refractivity contribution >= 4 is 16.7 Å². The molecule has 0 saturated carbocycles. The zero-order valence-electron chi connectivity index (χ0n) is 14.9. The van der Waals surface area contributed by atoms with Crippen molar-refractivity contribution in [3.8, 4) is 28.3 Å². The van der Waals surface area contributed by atoms with Gasteiger partial charge in [-0.3, -0.25) is 4.98 Å². The van der Waals surface area contributed by atoms with E-state index in [9.17, 15) is 4.39 Å². The van der Waals surface area contributed by atoms with E-state index in [1.165, 1.54) is 19.2 Å². The molecule has 134 valence electrons. The van der Waals surface area contributed by atoms with Crippen molar-refractivity contribution in [1.29, 1.82) is 0 Å². The Morgan fingerprint density at radius 1 is 1.00 bits per heavy atom. The highest BCUT2D eigenvalue weighted by atomic mass is 19.1. The molecule has 0 fully saturated rings. The van der Waals surface area contributed by atoms with Crippen LogP contribution < -0.4 is 10.1 Å². The van der Waals surface area contributed by atoms with E-state index < -0.39 is 0 Å². The number of hydrogen-bond donors (Lipinski definition) is 1. The van der Waals surface area contributed by atoms with Gasteiger partial charge in [0.15, 0.2) is 5.82 Å². The third-order valence-electron chi connectivity index (χ3n) is 4.33. The predicted molar refractivity (Wildman–Crippen MR) is 104 cm³/mol. The van der Waals surface area contributed by atoms with Gasteiger partial charge in [0.1, 0.15) is 17.4 Å². The van der Waals surface area contributed by atoms with Gasteiger partial charge in [0.05, 0.1) is 12.6 Å². The molecule has 2 aromatic carbocycles. The third-order valence-corrected chi connectivity index (χ3v) is 4.33. The molecule has 0 atom stereocenters. The topological polar surface area (TPSA) is 59.9 Å². The first kappa shape index (κ1) is 16.9. The molecule has 0 bridgehead atoms. The van der Waals surface area contributed by atoms with Gasteiger partial charge in [-0.1, -0.05) is 6.07 Å². The number of aromatic nitrogens is 3. The van der Waals surface area contributed by atoms with Crippen molar-refractivity contribution in [3.05, 3.63) is 66.7 Å². The van der Waals surface area contributed by atoms with Crippen molar-refractivity contribution in [3.63, 3.8) is 0 Å². The SMILES string of the molecule is CNc1nc(-c2cccnc2)nc2ccc(-c3ccc(F)cc3OC)cc12. The van der Waals surface area contributed by atoms with Crippen LogP contribution in [-0.2, 0) is 0 Å². The van der Waals surface area contributed by atoms with E-state index in [0.29, 0.717) is 17.4 Å². The lowest BCUT2D eigenvalue weighted by Crippen LogP contribution is -1.99. The first-order valence-electron chi connectivity index (χ1n) is 8.43. The highest BCUT2D eigenvalue weighted by molar-refractivity contribution is 5.94. The second-order valence-electron chi connectivity index (χ2n) is 5.96. The maximum absolute atomic E-state index is 13.5. The monoisotopic (exact) mass is 360 g/mol. The second-order valence-corrected chi connectivity index (χ2v) is 5.96. The highest BCUT2D eigenvalue weighted by Crippen LogP contribution is 2.34. The molecule has 6 heteroatoms. The second kappa shape index (κ2) is 6.99.